The fourth-order valence-corrected chi connectivity index (χ4v) is 5.68. The van der Waals surface area contributed by atoms with Gasteiger partial charge >= 0.3 is 12.1 Å². The number of esters is 1. The Labute approximate surface area is 258 Å². The summed E-state index contributed by atoms with van der Waals surface area (Å²) < 4.78 is 16.6. The van der Waals surface area contributed by atoms with Crippen LogP contribution < -0.4 is 5.32 Å². The van der Waals surface area contributed by atoms with Crippen LogP contribution in [0.1, 0.15) is 46.3 Å². The number of likely N-dealkylation sites (tertiary alicyclic amines) is 1. The molecule has 0 bridgehead atoms. The molecule has 1 heterocycles. The van der Waals surface area contributed by atoms with Crippen molar-refractivity contribution < 1.29 is 28.6 Å². The average Bonchev–Trinajstić information content (AvgIpc) is 3.50. The van der Waals surface area contributed by atoms with Crippen LogP contribution in [0.25, 0.3) is 11.1 Å². The van der Waals surface area contributed by atoms with Crippen LogP contribution in [-0.2, 0) is 32.2 Å². The number of hydrogen-bond donors (Lipinski definition) is 1. The molecular formula is C34H40N2O6S. The number of aryl methyl sites for hydroxylation is 1. The Kier molecular flexibility index (Phi) is 12.1. The van der Waals surface area contributed by atoms with E-state index in [4.69, 9.17) is 14.2 Å². The zero-order valence-corrected chi connectivity index (χ0v) is 25.9. The lowest BCUT2D eigenvalue weighted by atomic mass is 9.93. The van der Waals surface area contributed by atoms with Gasteiger partial charge in [-0.3, -0.25) is 4.79 Å². The second-order valence-electron chi connectivity index (χ2n) is 10.6. The maximum atomic E-state index is 13.5. The van der Waals surface area contributed by atoms with E-state index in [0.717, 1.165) is 40.7 Å². The second-order valence-corrected chi connectivity index (χ2v) is 11.6. The molecule has 4 rings (SSSR count). The first kappa shape index (κ1) is 32.1. The van der Waals surface area contributed by atoms with Crippen molar-refractivity contribution in [1.29, 1.82) is 0 Å². The zero-order chi connectivity index (χ0) is 30.6. The molecule has 9 heteroatoms. The van der Waals surface area contributed by atoms with Crippen molar-refractivity contribution in [3.63, 3.8) is 0 Å². The number of benzene rings is 3. The highest BCUT2D eigenvalue weighted by atomic mass is 32.2. The molecule has 1 fully saturated rings. The fraction of sp³-hybridized carbons (Fsp3) is 0.382. The van der Waals surface area contributed by atoms with Crippen molar-refractivity contribution in [2.24, 2.45) is 0 Å². The van der Waals surface area contributed by atoms with Gasteiger partial charge in [0.1, 0.15) is 12.6 Å². The number of nitrogens with zero attached hydrogens (tertiary/aromatic N) is 1. The van der Waals surface area contributed by atoms with Crippen LogP contribution in [0, 0.1) is 6.92 Å². The van der Waals surface area contributed by atoms with Crippen molar-refractivity contribution in [1.82, 2.24) is 10.2 Å². The maximum absolute atomic E-state index is 13.5. The Bertz CT molecular complexity index is 1380. The number of nitrogens with one attached hydrogen (secondary N) is 1. The van der Waals surface area contributed by atoms with Gasteiger partial charge in [0.25, 0.3) is 5.91 Å². The Morgan fingerprint density at radius 1 is 0.977 bits per heavy atom. The summed E-state index contributed by atoms with van der Waals surface area (Å²) in [7, 11) is 1.33. The lowest BCUT2D eigenvalue weighted by Gasteiger charge is -2.24. The largest absolute Gasteiger partial charge is 0.467 e. The molecule has 8 nitrogen and oxygen atoms in total. The molecule has 2 amide bonds. The highest BCUT2D eigenvalue weighted by molar-refractivity contribution is 7.98. The third kappa shape index (κ3) is 8.84. The number of methoxy groups -OCH3 is 1. The quantitative estimate of drug-likeness (QED) is 0.239. The van der Waals surface area contributed by atoms with Gasteiger partial charge in [0.05, 0.1) is 26.4 Å². The molecule has 0 aliphatic carbocycles. The average molecular weight is 605 g/mol. The van der Waals surface area contributed by atoms with Crippen molar-refractivity contribution in [2.45, 2.75) is 51.5 Å². The van der Waals surface area contributed by atoms with Crippen LogP contribution in [0.4, 0.5) is 4.79 Å². The SMILES string of the molecule is COC(=O)[C@H](CCSC)NC(=O)c1ccc(COCC2CCCN2C(=O)OCc2ccccc2)cc1-c1ccccc1C. The van der Waals surface area contributed by atoms with Crippen LogP contribution in [0.3, 0.4) is 0 Å². The molecule has 3 aromatic rings. The van der Waals surface area contributed by atoms with Gasteiger partial charge in [-0.05, 0) is 78.1 Å². The van der Waals surface area contributed by atoms with E-state index in [1.807, 2.05) is 79.9 Å². The highest BCUT2D eigenvalue weighted by Crippen LogP contribution is 2.29. The van der Waals surface area contributed by atoms with Crippen LogP contribution in [0.5, 0.6) is 0 Å². The summed E-state index contributed by atoms with van der Waals surface area (Å²) in [6.45, 7) is 3.60. The minimum absolute atomic E-state index is 0.0549. The van der Waals surface area contributed by atoms with Crippen molar-refractivity contribution in [2.75, 3.05) is 32.3 Å². The Hall–Kier alpha value is -3.82. The smallest absolute Gasteiger partial charge is 0.410 e. The molecule has 0 radical (unpaired) electrons. The monoisotopic (exact) mass is 604 g/mol. The summed E-state index contributed by atoms with van der Waals surface area (Å²) in [4.78, 5) is 40.4. The van der Waals surface area contributed by atoms with Crippen molar-refractivity contribution >= 4 is 29.7 Å². The van der Waals surface area contributed by atoms with Gasteiger partial charge in [0.2, 0.25) is 0 Å². The summed E-state index contributed by atoms with van der Waals surface area (Å²) in [6, 6.07) is 22.3. The number of amides is 2. The molecule has 1 aliphatic rings. The number of carbonyl (C=O) groups excluding carboxylic acids is 3. The topological polar surface area (TPSA) is 94.2 Å². The minimum Gasteiger partial charge on any atom is -0.467 e. The molecule has 0 spiro atoms. The Morgan fingerprint density at radius 3 is 2.49 bits per heavy atom. The van der Waals surface area contributed by atoms with E-state index >= 15 is 0 Å². The fourth-order valence-electron chi connectivity index (χ4n) is 5.20. The number of rotatable bonds is 13. The van der Waals surface area contributed by atoms with Gasteiger partial charge in [-0.1, -0.05) is 60.7 Å². The first-order valence-corrected chi connectivity index (χ1v) is 15.9. The predicted octanol–water partition coefficient (Wildman–Crippen LogP) is 6.00. The third-order valence-corrected chi connectivity index (χ3v) is 8.21. The molecule has 0 saturated carbocycles. The van der Waals surface area contributed by atoms with Gasteiger partial charge in [-0.25, -0.2) is 9.59 Å². The van der Waals surface area contributed by atoms with E-state index in [-0.39, 0.29) is 24.6 Å². The molecule has 1 aliphatic heterocycles. The molecule has 1 unspecified atom stereocenters. The number of ether oxygens (including phenoxy) is 3. The maximum Gasteiger partial charge on any atom is 0.410 e. The number of hydrogen-bond acceptors (Lipinski definition) is 7. The van der Waals surface area contributed by atoms with E-state index in [2.05, 4.69) is 5.32 Å². The van der Waals surface area contributed by atoms with Crippen LogP contribution >= 0.6 is 11.8 Å². The summed E-state index contributed by atoms with van der Waals surface area (Å²) >= 11 is 1.60. The van der Waals surface area contributed by atoms with Gasteiger partial charge in [0.15, 0.2) is 0 Å². The molecule has 1 N–H and O–H groups in total. The van der Waals surface area contributed by atoms with Crippen LogP contribution in [0.15, 0.2) is 72.8 Å². The van der Waals surface area contributed by atoms with Crippen LogP contribution in [-0.4, -0.2) is 67.2 Å². The third-order valence-electron chi connectivity index (χ3n) is 7.56. The van der Waals surface area contributed by atoms with Gasteiger partial charge in [-0.2, -0.15) is 11.8 Å². The Morgan fingerprint density at radius 2 is 1.74 bits per heavy atom. The van der Waals surface area contributed by atoms with E-state index in [1.54, 1.807) is 22.7 Å². The normalized spacial score (nSPS) is 15.1. The highest BCUT2D eigenvalue weighted by Gasteiger charge is 2.30. The van der Waals surface area contributed by atoms with Crippen LogP contribution in [0.2, 0.25) is 0 Å². The summed E-state index contributed by atoms with van der Waals surface area (Å²) in [5, 5.41) is 2.88. The Balaban J connectivity index is 1.44. The van der Waals surface area contributed by atoms with Gasteiger partial charge < -0.3 is 24.4 Å². The van der Waals surface area contributed by atoms with Gasteiger partial charge in [0, 0.05) is 12.1 Å². The van der Waals surface area contributed by atoms with E-state index < -0.39 is 12.0 Å². The second kappa shape index (κ2) is 16.1. The number of thioether (sulfide) groups is 1. The zero-order valence-electron chi connectivity index (χ0n) is 25.0. The van der Waals surface area contributed by atoms with E-state index in [0.29, 0.717) is 37.5 Å². The van der Waals surface area contributed by atoms with E-state index in [1.165, 1.54) is 7.11 Å². The molecule has 1 saturated heterocycles. The molecule has 0 aromatic heterocycles. The molecule has 2 atom stereocenters. The summed E-state index contributed by atoms with van der Waals surface area (Å²) in [6.07, 6.45) is 3.86. The predicted molar refractivity (Wildman–Crippen MR) is 169 cm³/mol. The first-order valence-electron chi connectivity index (χ1n) is 14.5. The summed E-state index contributed by atoms with van der Waals surface area (Å²) in [5.41, 5.74) is 5.04. The lowest BCUT2D eigenvalue weighted by Crippen LogP contribution is -2.42. The minimum atomic E-state index is -0.730. The number of carbonyl (C=O) groups is 3. The van der Waals surface area contributed by atoms with Crippen molar-refractivity contribution in [3.8, 4) is 11.1 Å². The lowest BCUT2D eigenvalue weighted by molar-refractivity contribution is -0.142. The van der Waals surface area contributed by atoms with Gasteiger partial charge in [-0.15, -0.1) is 0 Å². The molecule has 228 valence electrons. The van der Waals surface area contributed by atoms with E-state index in [9.17, 15) is 14.4 Å². The molecular weight excluding hydrogens is 564 g/mol. The molecule has 43 heavy (non-hydrogen) atoms. The summed E-state index contributed by atoms with van der Waals surface area (Å²) in [5.74, 6) is -0.0861. The first-order chi connectivity index (χ1) is 20.9. The van der Waals surface area contributed by atoms with Crippen molar-refractivity contribution in [3.05, 3.63) is 95.1 Å². The molecule has 3 aromatic carbocycles. The standard InChI is InChI=1S/C34H40N2O6S/c1-24-10-7-8-14-28(24)30-20-26(15-16-29(30)32(37)35-31(17-19-43-3)33(38)40-2)21-41-23-27-13-9-18-36(27)34(39)42-22-25-11-5-4-6-12-25/h4-8,10-12,14-16,20,27,31H,9,13,17-19,21-23H2,1-3H3,(H,35,37)/t27?,31-/m0/s1.